The Hall–Kier alpha value is -1.98. The number of nitrogens with zero attached hydrogens (tertiary/aromatic N) is 1. The van der Waals surface area contributed by atoms with E-state index in [0.29, 0.717) is 0 Å². The molecule has 0 unspecified atom stereocenters. The summed E-state index contributed by atoms with van der Waals surface area (Å²) in [7, 11) is 0. The van der Waals surface area contributed by atoms with Gasteiger partial charge in [0.1, 0.15) is 5.75 Å². The molecule has 0 saturated carbocycles. The number of nitro benzene ring substituents is 1. The molecule has 0 saturated heterocycles. The van der Waals surface area contributed by atoms with Crippen LogP contribution in [0.15, 0.2) is 18.2 Å². The number of rotatable bonds is 2. The highest BCUT2D eigenvalue weighted by Crippen LogP contribution is 2.23. The van der Waals surface area contributed by atoms with Crippen LogP contribution in [-0.2, 0) is 4.79 Å². The highest BCUT2D eigenvalue weighted by Gasteiger charge is 2.15. The van der Waals surface area contributed by atoms with E-state index in [9.17, 15) is 19.3 Å². The minimum atomic E-state index is -0.967. The maximum Gasteiger partial charge on any atom is 0.308 e. The number of nitro groups is 1. The third-order valence-electron chi connectivity index (χ3n) is 1.38. The van der Waals surface area contributed by atoms with E-state index in [4.69, 9.17) is 0 Å². The van der Waals surface area contributed by atoms with E-state index in [1.807, 2.05) is 0 Å². The Morgan fingerprint density at radius 2 is 2.21 bits per heavy atom. The summed E-state index contributed by atoms with van der Waals surface area (Å²) >= 11 is 0. The van der Waals surface area contributed by atoms with Gasteiger partial charge in [0.25, 0.3) is 0 Å². The Balaban J connectivity index is 3.06. The number of hydrogen-bond acceptors (Lipinski definition) is 4. The van der Waals surface area contributed by atoms with Gasteiger partial charge in [-0.1, -0.05) is 0 Å². The Bertz CT molecular complexity index is 391. The third kappa shape index (κ3) is 2.25. The minimum Gasteiger partial charge on any atom is -0.426 e. The zero-order chi connectivity index (χ0) is 10.7. The highest BCUT2D eigenvalue weighted by molar-refractivity contribution is 5.69. The molecular weight excluding hydrogens is 193 g/mol. The Morgan fingerprint density at radius 1 is 1.57 bits per heavy atom. The van der Waals surface area contributed by atoms with Crippen molar-refractivity contribution in [3.63, 3.8) is 0 Å². The fraction of sp³-hybridized carbons (Fsp3) is 0.125. The third-order valence-corrected chi connectivity index (χ3v) is 1.38. The van der Waals surface area contributed by atoms with Crippen molar-refractivity contribution in [3.8, 4) is 5.75 Å². The largest absolute Gasteiger partial charge is 0.426 e. The van der Waals surface area contributed by atoms with E-state index < -0.39 is 22.4 Å². The molecule has 0 heterocycles. The summed E-state index contributed by atoms with van der Waals surface area (Å²) in [5.41, 5.74) is -0.719. The van der Waals surface area contributed by atoms with Crippen molar-refractivity contribution in [3.05, 3.63) is 34.1 Å². The Kier molecular flexibility index (Phi) is 2.76. The van der Waals surface area contributed by atoms with E-state index in [1.54, 1.807) is 0 Å². The van der Waals surface area contributed by atoms with Gasteiger partial charge in [-0.15, -0.1) is 0 Å². The molecule has 0 amide bonds. The molecule has 0 spiro atoms. The van der Waals surface area contributed by atoms with E-state index in [-0.39, 0.29) is 5.75 Å². The lowest BCUT2D eigenvalue weighted by Crippen LogP contribution is -2.02. The standard InChI is InChI=1S/C8H6FNO4/c1-5(11)14-6-2-3-7(9)8(4-6)10(12)13/h2-4H,1H3. The number of carbonyl (C=O) groups is 1. The molecule has 0 aliphatic heterocycles. The van der Waals surface area contributed by atoms with Crippen molar-refractivity contribution in [1.29, 1.82) is 0 Å². The lowest BCUT2D eigenvalue weighted by atomic mass is 10.3. The fourth-order valence-corrected chi connectivity index (χ4v) is 0.862. The van der Waals surface area contributed by atoms with E-state index in [2.05, 4.69) is 4.74 Å². The van der Waals surface area contributed by atoms with E-state index >= 15 is 0 Å². The molecule has 1 rings (SSSR count). The Labute approximate surface area is 78.3 Å². The monoisotopic (exact) mass is 199 g/mol. The normalized spacial score (nSPS) is 9.57. The van der Waals surface area contributed by atoms with Gasteiger partial charge in [0.15, 0.2) is 0 Å². The number of hydrogen-bond donors (Lipinski definition) is 0. The molecule has 0 atom stereocenters. The lowest BCUT2D eigenvalue weighted by Gasteiger charge is -2.00. The predicted octanol–water partition coefficient (Wildman–Crippen LogP) is 1.66. The van der Waals surface area contributed by atoms with Crippen LogP contribution in [-0.4, -0.2) is 10.9 Å². The summed E-state index contributed by atoms with van der Waals surface area (Å²) in [5, 5.41) is 10.3. The van der Waals surface area contributed by atoms with Crippen molar-refractivity contribution < 1.29 is 18.8 Å². The molecule has 74 valence electrons. The molecule has 0 N–H and O–H groups in total. The van der Waals surface area contributed by atoms with Gasteiger partial charge in [-0.3, -0.25) is 14.9 Å². The van der Waals surface area contributed by atoms with Crippen LogP contribution in [0.4, 0.5) is 10.1 Å². The van der Waals surface area contributed by atoms with Crippen molar-refractivity contribution >= 4 is 11.7 Å². The van der Waals surface area contributed by atoms with Gasteiger partial charge in [-0.25, -0.2) is 0 Å². The quantitative estimate of drug-likeness (QED) is 0.314. The van der Waals surface area contributed by atoms with Crippen LogP contribution in [0.1, 0.15) is 6.92 Å². The second kappa shape index (κ2) is 3.82. The lowest BCUT2D eigenvalue weighted by molar-refractivity contribution is -0.387. The molecule has 6 heteroatoms. The topological polar surface area (TPSA) is 69.4 Å². The summed E-state index contributed by atoms with van der Waals surface area (Å²) in [5.74, 6) is -1.64. The number of esters is 1. The molecule has 0 radical (unpaired) electrons. The average Bonchev–Trinajstić information content (AvgIpc) is 2.07. The average molecular weight is 199 g/mol. The van der Waals surface area contributed by atoms with Gasteiger partial charge < -0.3 is 4.74 Å². The molecule has 5 nitrogen and oxygen atoms in total. The molecule has 1 aromatic rings. The number of halogens is 1. The van der Waals surface area contributed by atoms with Gasteiger partial charge in [0.2, 0.25) is 5.82 Å². The van der Waals surface area contributed by atoms with Crippen LogP contribution in [0.25, 0.3) is 0 Å². The Morgan fingerprint density at radius 3 is 2.71 bits per heavy atom. The smallest absolute Gasteiger partial charge is 0.308 e. The van der Waals surface area contributed by atoms with Crippen LogP contribution in [0.2, 0.25) is 0 Å². The molecule has 14 heavy (non-hydrogen) atoms. The zero-order valence-corrected chi connectivity index (χ0v) is 7.19. The summed E-state index contributed by atoms with van der Waals surface area (Å²) in [4.78, 5) is 19.9. The minimum absolute atomic E-state index is 0.0504. The number of benzene rings is 1. The van der Waals surface area contributed by atoms with Gasteiger partial charge in [0, 0.05) is 6.92 Å². The van der Waals surface area contributed by atoms with Crippen LogP contribution in [0.5, 0.6) is 5.75 Å². The van der Waals surface area contributed by atoms with Gasteiger partial charge in [-0.2, -0.15) is 4.39 Å². The SMILES string of the molecule is CC(=O)Oc1ccc(F)c([N+](=O)[O-])c1. The molecule has 0 aliphatic rings. The summed E-state index contributed by atoms with van der Waals surface area (Å²) in [6.07, 6.45) is 0. The first-order valence-corrected chi connectivity index (χ1v) is 3.63. The zero-order valence-electron chi connectivity index (χ0n) is 7.19. The van der Waals surface area contributed by atoms with Crippen LogP contribution in [0.3, 0.4) is 0 Å². The highest BCUT2D eigenvalue weighted by atomic mass is 19.1. The first-order valence-electron chi connectivity index (χ1n) is 3.63. The first kappa shape index (κ1) is 10.1. The van der Waals surface area contributed by atoms with Crippen molar-refractivity contribution in [2.45, 2.75) is 6.92 Å². The molecular formula is C8H6FNO4. The van der Waals surface area contributed by atoms with Gasteiger partial charge in [0.05, 0.1) is 11.0 Å². The second-order valence-corrected chi connectivity index (χ2v) is 2.46. The molecule has 0 bridgehead atoms. The van der Waals surface area contributed by atoms with Crippen molar-refractivity contribution in [2.24, 2.45) is 0 Å². The van der Waals surface area contributed by atoms with Crippen LogP contribution in [0, 0.1) is 15.9 Å². The molecule has 0 fully saturated rings. The van der Waals surface area contributed by atoms with Crippen molar-refractivity contribution in [1.82, 2.24) is 0 Å². The second-order valence-electron chi connectivity index (χ2n) is 2.46. The van der Waals surface area contributed by atoms with Gasteiger partial charge in [-0.05, 0) is 12.1 Å². The van der Waals surface area contributed by atoms with Crippen LogP contribution < -0.4 is 4.74 Å². The molecule has 0 aromatic heterocycles. The maximum atomic E-state index is 12.8. The first-order chi connectivity index (χ1) is 6.50. The van der Waals surface area contributed by atoms with E-state index in [0.717, 1.165) is 25.1 Å². The number of carbonyl (C=O) groups excluding carboxylic acids is 1. The summed E-state index contributed by atoms with van der Waals surface area (Å²) in [6.45, 7) is 1.15. The van der Waals surface area contributed by atoms with Crippen molar-refractivity contribution in [2.75, 3.05) is 0 Å². The molecule has 1 aromatic carbocycles. The molecule has 0 aliphatic carbocycles. The fourth-order valence-electron chi connectivity index (χ4n) is 0.862. The van der Waals surface area contributed by atoms with Gasteiger partial charge >= 0.3 is 11.7 Å². The van der Waals surface area contributed by atoms with E-state index in [1.165, 1.54) is 0 Å². The number of ether oxygens (including phenoxy) is 1. The maximum absolute atomic E-state index is 12.8. The summed E-state index contributed by atoms with van der Waals surface area (Å²) < 4.78 is 17.3. The van der Waals surface area contributed by atoms with Crippen LogP contribution >= 0.6 is 0 Å². The predicted molar refractivity (Wildman–Crippen MR) is 44.4 cm³/mol. The summed E-state index contributed by atoms with van der Waals surface area (Å²) in [6, 6.07) is 2.87.